The predicted octanol–water partition coefficient (Wildman–Crippen LogP) is 3.62. The quantitative estimate of drug-likeness (QED) is 0.412. The molecule has 1 rings (SSSR count). The minimum absolute atomic E-state index is 0.0297. The van der Waals surface area contributed by atoms with E-state index in [1.165, 1.54) is 0 Å². The van der Waals surface area contributed by atoms with Crippen molar-refractivity contribution in [1.29, 1.82) is 0 Å². The first-order valence-electron chi connectivity index (χ1n) is 5.28. The first-order valence-corrected chi connectivity index (χ1v) is 5.28. The summed E-state index contributed by atoms with van der Waals surface area (Å²) in [6.07, 6.45) is -2.46. The molecule has 1 aliphatic carbocycles. The van der Waals surface area contributed by atoms with Crippen LogP contribution in [-0.4, -0.2) is 18.0 Å². The van der Waals surface area contributed by atoms with Gasteiger partial charge in [0.05, 0.1) is 0 Å². The number of rotatable bonds is 4. The van der Waals surface area contributed by atoms with Crippen LogP contribution in [0.3, 0.4) is 0 Å². The zero-order chi connectivity index (χ0) is 12.5. The standard InChI is InChI=1S/C11H17F3N2/c1-7(2)9-5-10(9)8(3)6-16(15-4)11(12,13)14/h6-7,9-10H,4-5H2,1-3H3/b8-6+/t9-,10-/m1/s1. The molecule has 0 amide bonds. The Kier molecular flexibility index (Phi) is 3.65. The highest BCUT2D eigenvalue weighted by Gasteiger charge is 2.42. The van der Waals surface area contributed by atoms with Crippen molar-refractivity contribution in [3.05, 3.63) is 11.8 Å². The zero-order valence-electron chi connectivity index (χ0n) is 9.75. The SMILES string of the molecule is C=NN(/C=C(\C)[C@H]1C[C@@H]1C(C)C)C(F)(F)F. The third-order valence-electron chi connectivity index (χ3n) is 3.02. The molecule has 0 aliphatic heterocycles. The van der Waals surface area contributed by atoms with E-state index in [4.69, 9.17) is 0 Å². The third-order valence-corrected chi connectivity index (χ3v) is 3.02. The molecule has 0 aromatic heterocycles. The minimum Gasteiger partial charge on any atom is -0.182 e. The topological polar surface area (TPSA) is 15.6 Å². The lowest BCUT2D eigenvalue weighted by molar-refractivity contribution is -0.227. The highest BCUT2D eigenvalue weighted by molar-refractivity contribution is 5.23. The van der Waals surface area contributed by atoms with Crippen molar-refractivity contribution in [1.82, 2.24) is 5.01 Å². The summed E-state index contributed by atoms with van der Waals surface area (Å²) in [6.45, 7) is 8.82. The van der Waals surface area contributed by atoms with Crippen molar-refractivity contribution in [2.24, 2.45) is 22.9 Å². The van der Waals surface area contributed by atoms with Crippen molar-refractivity contribution in [3.63, 3.8) is 0 Å². The van der Waals surface area contributed by atoms with E-state index in [2.05, 4.69) is 25.7 Å². The maximum Gasteiger partial charge on any atom is 0.504 e. The van der Waals surface area contributed by atoms with E-state index in [0.29, 0.717) is 11.8 Å². The molecular formula is C11H17F3N2. The molecule has 2 atom stereocenters. The Morgan fingerprint density at radius 3 is 2.38 bits per heavy atom. The average molecular weight is 234 g/mol. The largest absolute Gasteiger partial charge is 0.504 e. The number of alkyl halides is 3. The molecule has 1 fully saturated rings. The van der Waals surface area contributed by atoms with Crippen LogP contribution in [0.5, 0.6) is 0 Å². The van der Waals surface area contributed by atoms with Crippen molar-refractivity contribution in [3.8, 4) is 0 Å². The maximum atomic E-state index is 12.4. The van der Waals surface area contributed by atoms with Gasteiger partial charge >= 0.3 is 6.30 Å². The Bertz CT molecular complexity index is 294. The van der Waals surface area contributed by atoms with Gasteiger partial charge in [-0.3, -0.25) is 0 Å². The molecule has 0 spiro atoms. The number of nitrogens with zero attached hydrogens (tertiary/aromatic N) is 2. The van der Waals surface area contributed by atoms with E-state index < -0.39 is 6.30 Å². The molecule has 16 heavy (non-hydrogen) atoms. The van der Waals surface area contributed by atoms with E-state index in [0.717, 1.165) is 18.2 Å². The van der Waals surface area contributed by atoms with Gasteiger partial charge in [-0.1, -0.05) is 19.4 Å². The van der Waals surface area contributed by atoms with Crippen LogP contribution >= 0.6 is 0 Å². The molecule has 0 bridgehead atoms. The monoisotopic (exact) mass is 234 g/mol. The highest BCUT2D eigenvalue weighted by Crippen LogP contribution is 2.48. The summed E-state index contributed by atoms with van der Waals surface area (Å²) in [5.74, 6) is 1.30. The summed E-state index contributed by atoms with van der Waals surface area (Å²) in [5, 5.41) is 2.93. The zero-order valence-corrected chi connectivity index (χ0v) is 9.75. The number of halogens is 3. The van der Waals surface area contributed by atoms with Gasteiger partial charge in [-0.05, 0) is 31.1 Å². The minimum atomic E-state index is -4.48. The van der Waals surface area contributed by atoms with Gasteiger partial charge in [0.1, 0.15) is 0 Å². The lowest BCUT2D eigenvalue weighted by Crippen LogP contribution is -2.28. The Labute approximate surface area is 93.8 Å². The van der Waals surface area contributed by atoms with E-state index in [1.807, 2.05) is 0 Å². The van der Waals surface area contributed by atoms with E-state index in [-0.39, 0.29) is 10.9 Å². The molecule has 0 aromatic rings. The van der Waals surface area contributed by atoms with Crippen molar-refractivity contribution < 1.29 is 13.2 Å². The third kappa shape index (κ3) is 3.00. The fourth-order valence-corrected chi connectivity index (χ4v) is 1.96. The smallest absolute Gasteiger partial charge is 0.182 e. The summed E-state index contributed by atoms with van der Waals surface area (Å²) in [6, 6.07) is 0. The van der Waals surface area contributed by atoms with Gasteiger partial charge in [-0.2, -0.15) is 10.1 Å². The summed E-state index contributed by atoms with van der Waals surface area (Å²) < 4.78 is 37.1. The summed E-state index contributed by atoms with van der Waals surface area (Å²) in [5.41, 5.74) is 0.725. The lowest BCUT2D eigenvalue weighted by atomic mass is 10.0. The first-order chi connectivity index (χ1) is 7.27. The Morgan fingerprint density at radius 2 is 2.06 bits per heavy atom. The van der Waals surface area contributed by atoms with E-state index in [9.17, 15) is 13.2 Å². The van der Waals surface area contributed by atoms with Gasteiger partial charge in [0.25, 0.3) is 0 Å². The normalized spacial score (nSPS) is 25.8. The average Bonchev–Trinajstić information content (AvgIpc) is 2.90. The second-order valence-corrected chi connectivity index (χ2v) is 4.58. The van der Waals surface area contributed by atoms with Gasteiger partial charge in [0.15, 0.2) is 0 Å². The van der Waals surface area contributed by atoms with Crippen LogP contribution in [0.2, 0.25) is 0 Å². The van der Waals surface area contributed by atoms with Gasteiger partial charge in [-0.15, -0.1) is 13.2 Å². The molecule has 1 aliphatic rings. The number of allylic oxidation sites excluding steroid dienone is 1. The van der Waals surface area contributed by atoms with Crippen molar-refractivity contribution in [2.45, 2.75) is 33.5 Å². The fraction of sp³-hybridized carbons (Fsp3) is 0.727. The molecule has 0 N–H and O–H groups in total. The molecule has 0 aromatic carbocycles. The molecule has 0 radical (unpaired) electrons. The second kappa shape index (κ2) is 4.47. The van der Waals surface area contributed by atoms with Crippen LogP contribution in [0.4, 0.5) is 13.2 Å². The van der Waals surface area contributed by atoms with E-state index in [1.54, 1.807) is 6.92 Å². The van der Waals surface area contributed by atoms with Crippen LogP contribution in [0, 0.1) is 17.8 Å². The highest BCUT2D eigenvalue weighted by atomic mass is 19.4. The van der Waals surface area contributed by atoms with Crippen LogP contribution in [-0.2, 0) is 0 Å². The Balaban J connectivity index is 2.67. The lowest BCUT2D eigenvalue weighted by Gasteiger charge is -2.18. The van der Waals surface area contributed by atoms with Crippen LogP contribution in [0.1, 0.15) is 27.2 Å². The number of hydrazone groups is 1. The van der Waals surface area contributed by atoms with Gasteiger partial charge in [0, 0.05) is 12.9 Å². The molecule has 92 valence electrons. The molecule has 1 saturated carbocycles. The van der Waals surface area contributed by atoms with Crippen LogP contribution in [0.15, 0.2) is 16.9 Å². The van der Waals surface area contributed by atoms with Crippen LogP contribution in [0.25, 0.3) is 0 Å². The molecule has 0 saturated heterocycles. The van der Waals surface area contributed by atoms with Gasteiger partial charge in [0.2, 0.25) is 0 Å². The van der Waals surface area contributed by atoms with Crippen molar-refractivity contribution >= 4 is 6.72 Å². The van der Waals surface area contributed by atoms with E-state index >= 15 is 0 Å². The van der Waals surface area contributed by atoms with Crippen LogP contribution < -0.4 is 0 Å². The Hall–Kier alpha value is -1.00. The maximum absolute atomic E-state index is 12.4. The second-order valence-electron chi connectivity index (χ2n) is 4.58. The fourth-order valence-electron chi connectivity index (χ4n) is 1.96. The van der Waals surface area contributed by atoms with Gasteiger partial charge in [-0.25, -0.2) is 0 Å². The predicted molar refractivity (Wildman–Crippen MR) is 57.6 cm³/mol. The Morgan fingerprint density at radius 1 is 1.50 bits per heavy atom. The first kappa shape index (κ1) is 13.1. The summed E-state index contributed by atoms with van der Waals surface area (Å²) >= 11 is 0. The van der Waals surface area contributed by atoms with Crippen molar-refractivity contribution in [2.75, 3.05) is 0 Å². The van der Waals surface area contributed by atoms with Gasteiger partial charge < -0.3 is 0 Å². The molecule has 0 heterocycles. The molecule has 0 unspecified atom stereocenters. The molecule has 2 nitrogen and oxygen atoms in total. The molecular weight excluding hydrogens is 217 g/mol. The number of hydrogen-bond acceptors (Lipinski definition) is 2. The summed E-state index contributed by atoms with van der Waals surface area (Å²) in [7, 11) is 0. The summed E-state index contributed by atoms with van der Waals surface area (Å²) in [4.78, 5) is 0. The number of hydrogen-bond donors (Lipinski definition) is 0. The molecule has 5 heteroatoms.